The molecule has 0 aromatic heterocycles. The average Bonchev–Trinajstić information content (AvgIpc) is 2.69. The normalized spacial score (nSPS) is 15.9. The van der Waals surface area contributed by atoms with E-state index in [9.17, 15) is 9.59 Å². The molecule has 0 saturated carbocycles. The van der Waals surface area contributed by atoms with Gasteiger partial charge in [0.2, 0.25) is 5.91 Å². The second-order valence-electron chi connectivity index (χ2n) is 7.47. The fourth-order valence-corrected chi connectivity index (χ4v) is 3.65. The molecule has 1 amide bonds. The van der Waals surface area contributed by atoms with Crippen LogP contribution in [-0.2, 0) is 16.0 Å². The molecule has 0 bridgehead atoms. The number of para-hydroxylation sites is 1. The van der Waals surface area contributed by atoms with Gasteiger partial charge in [0.05, 0.1) is 12.6 Å². The van der Waals surface area contributed by atoms with Crippen LogP contribution < -0.4 is 10.2 Å². The summed E-state index contributed by atoms with van der Waals surface area (Å²) in [6, 6.07) is 17.7. The monoisotopic (exact) mass is 379 g/mol. The molecule has 1 fully saturated rings. The number of carbonyl (C=O) groups is 2. The minimum absolute atomic E-state index is 0.0124. The number of hydrogen-bond donors (Lipinski definition) is 1. The lowest BCUT2D eigenvalue weighted by Crippen LogP contribution is -2.51. The van der Waals surface area contributed by atoms with E-state index in [2.05, 4.69) is 46.3 Å². The third-order valence-electron chi connectivity index (χ3n) is 5.30. The van der Waals surface area contributed by atoms with E-state index in [0.717, 1.165) is 31.7 Å². The standard InChI is InChI=1S/C23H29N3O2/c1-18-8-6-7-11-22(18)26-14-12-25(13-15-26)17-23(28)24-21(19(2)27)16-20-9-4-3-5-10-20/h3-11,21H,12-17H2,1-2H3,(H,24,28)/t21-/m0/s1. The summed E-state index contributed by atoms with van der Waals surface area (Å²) < 4.78 is 0. The Morgan fingerprint density at radius 1 is 0.964 bits per heavy atom. The average molecular weight is 380 g/mol. The second-order valence-corrected chi connectivity index (χ2v) is 7.47. The van der Waals surface area contributed by atoms with Gasteiger partial charge in [-0.2, -0.15) is 0 Å². The van der Waals surface area contributed by atoms with Gasteiger partial charge in [-0.3, -0.25) is 14.5 Å². The molecular formula is C23H29N3O2. The van der Waals surface area contributed by atoms with Gasteiger partial charge in [0.1, 0.15) is 0 Å². The van der Waals surface area contributed by atoms with Crippen LogP contribution in [0.25, 0.3) is 0 Å². The zero-order chi connectivity index (χ0) is 19.9. The molecule has 0 unspecified atom stereocenters. The van der Waals surface area contributed by atoms with Crippen LogP contribution in [0.3, 0.4) is 0 Å². The number of nitrogens with zero attached hydrogens (tertiary/aromatic N) is 2. The molecule has 1 atom stereocenters. The highest BCUT2D eigenvalue weighted by atomic mass is 16.2. The third kappa shape index (κ3) is 5.42. The van der Waals surface area contributed by atoms with Crippen molar-refractivity contribution in [3.05, 3.63) is 65.7 Å². The zero-order valence-corrected chi connectivity index (χ0v) is 16.7. The van der Waals surface area contributed by atoms with E-state index in [-0.39, 0.29) is 11.7 Å². The number of hydrogen-bond acceptors (Lipinski definition) is 4. The van der Waals surface area contributed by atoms with Crippen LogP contribution >= 0.6 is 0 Å². The maximum Gasteiger partial charge on any atom is 0.234 e. The fourth-order valence-electron chi connectivity index (χ4n) is 3.65. The van der Waals surface area contributed by atoms with Crippen molar-refractivity contribution < 1.29 is 9.59 Å². The smallest absolute Gasteiger partial charge is 0.234 e. The summed E-state index contributed by atoms with van der Waals surface area (Å²) in [7, 11) is 0. The maximum absolute atomic E-state index is 12.5. The molecule has 5 heteroatoms. The molecular weight excluding hydrogens is 350 g/mol. The van der Waals surface area contributed by atoms with Crippen molar-refractivity contribution in [2.24, 2.45) is 0 Å². The van der Waals surface area contributed by atoms with Gasteiger partial charge in [0.25, 0.3) is 0 Å². The Hall–Kier alpha value is -2.66. The molecule has 1 saturated heterocycles. The van der Waals surface area contributed by atoms with Crippen LogP contribution in [0.5, 0.6) is 0 Å². The van der Waals surface area contributed by atoms with Crippen LogP contribution in [0.15, 0.2) is 54.6 Å². The molecule has 0 radical (unpaired) electrons. The predicted molar refractivity (Wildman–Crippen MR) is 113 cm³/mol. The summed E-state index contributed by atoms with van der Waals surface area (Å²) in [6.07, 6.45) is 0.531. The van der Waals surface area contributed by atoms with E-state index in [1.165, 1.54) is 18.2 Å². The number of benzene rings is 2. The number of piperazine rings is 1. The summed E-state index contributed by atoms with van der Waals surface area (Å²) in [5, 5.41) is 2.92. The quantitative estimate of drug-likeness (QED) is 0.803. The van der Waals surface area contributed by atoms with E-state index in [1.54, 1.807) is 0 Å². The molecule has 0 spiro atoms. The number of aryl methyl sites for hydroxylation is 1. The largest absolute Gasteiger partial charge is 0.369 e. The SMILES string of the molecule is CC(=O)[C@H](Cc1ccccc1)NC(=O)CN1CCN(c2ccccc2C)CC1. The molecule has 148 valence electrons. The number of nitrogens with one attached hydrogen (secondary N) is 1. The molecule has 1 aliphatic rings. The highest BCUT2D eigenvalue weighted by Crippen LogP contribution is 2.20. The molecule has 1 N–H and O–H groups in total. The van der Waals surface area contributed by atoms with Gasteiger partial charge >= 0.3 is 0 Å². The van der Waals surface area contributed by atoms with Crippen molar-refractivity contribution >= 4 is 17.4 Å². The van der Waals surface area contributed by atoms with Crippen molar-refractivity contribution in [3.63, 3.8) is 0 Å². The first-order chi connectivity index (χ1) is 13.5. The van der Waals surface area contributed by atoms with Crippen molar-refractivity contribution in [3.8, 4) is 0 Å². The first kappa shape index (κ1) is 20.1. The number of rotatable bonds is 7. The van der Waals surface area contributed by atoms with Gasteiger partial charge in [0.15, 0.2) is 5.78 Å². The zero-order valence-electron chi connectivity index (χ0n) is 16.7. The Morgan fingerprint density at radius 3 is 2.25 bits per heavy atom. The highest BCUT2D eigenvalue weighted by Gasteiger charge is 2.22. The minimum Gasteiger partial charge on any atom is -0.369 e. The van der Waals surface area contributed by atoms with Crippen LogP contribution in [0.4, 0.5) is 5.69 Å². The van der Waals surface area contributed by atoms with Crippen molar-refractivity contribution in [2.75, 3.05) is 37.6 Å². The Bertz CT molecular complexity index is 799. The molecule has 1 heterocycles. The van der Waals surface area contributed by atoms with E-state index < -0.39 is 6.04 Å². The molecule has 1 aliphatic heterocycles. The lowest BCUT2D eigenvalue weighted by atomic mass is 10.0. The first-order valence-corrected chi connectivity index (χ1v) is 9.89. The van der Waals surface area contributed by atoms with E-state index in [0.29, 0.717) is 13.0 Å². The molecule has 5 nitrogen and oxygen atoms in total. The van der Waals surface area contributed by atoms with Gasteiger partial charge < -0.3 is 10.2 Å². The van der Waals surface area contributed by atoms with E-state index in [4.69, 9.17) is 0 Å². The summed E-state index contributed by atoms with van der Waals surface area (Å²) in [5.41, 5.74) is 3.60. The third-order valence-corrected chi connectivity index (χ3v) is 5.30. The Labute approximate surface area is 167 Å². The lowest BCUT2D eigenvalue weighted by Gasteiger charge is -2.36. The lowest BCUT2D eigenvalue weighted by molar-refractivity contribution is -0.127. The van der Waals surface area contributed by atoms with Crippen LogP contribution in [0, 0.1) is 6.92 Å². The minimum atomic E-state index is -0.469. The van der Waals surface area contributed by atoms with Gasteiger partial charge in [-0.1, -0.05) is 48.5 Å². The predicted octanol–water partition coefficient (Wildman–Crippen LogP) is 2.43. The van der Waals surface area contributed by atoms with Crippen LogP contribution in [0.1, 0.15) is 18.1 Å². The van der Waals surface area contributed by atoms with Gasteiger partial charge in [-0.15, -0.1) is 0 Å². The highest BCUT2D eigenvalue weighted by molar-refractivity contribution is 5.88. The number of anilines is 1. The molecule has 28 heavy (non-hydrogen) atoms. The van der Waals surface area contributed by atoms with Crippen LogP contribution in [0.2, 0.25) is 0 Å². The van der Waals surface area contributed by atoms with Crippen LogP contribution in [-0.4, -0.2) is 55.4 Å². The summed E-state index contributed by atoms with van der Waals surface area (Å²) in [6.45, 7) is 7.48. The van der Waals surface area contributed by atoms with Crippen molar-refractivity contribution in [2.45, 2.75) is 26.3 Å². The van der Waals surface area contributed by atoms with Crippen molar-refractivity contribution in [1.29, 1.82) is 0 Å². The Kier molecular flexibility index (Phi) is 6.82. The van der Waals surface area contributed by atoms with Gasteiger partial charge in [-0.05, 0) is 37.5 Å². The number of Topliss-reactive ketones (excluding diaryl/α,β-unsaturated/α-hetero) is 1. The van der Waals surface area contributed by atoms with Gasteiger partial charge in [0, 0.05) is 31.9 Å². The molecule has 2 aromatic rings. The van der Waals surface area contributed by atoms with E-state index >= 15 is 0 Å². The second kappa shape index (κ2) is 9.51. The van der Waals surface area contributed by atoms with Crippen molar-refractivity contribution in [1.82, 2.24) is 10.2 Å². The topological polar surface area (TPSA) is 52.7 Å². The fraction of sp³-hybridized carbons (Fsp3) is 0.391. The molecule has 2 aromatic carbocycles. The number of carbonyl (C=O) groups excluding carboxylic acids is 2. The van der Waals surface area contributed by atoms with Gasteiger partial charge in [-0.25, -0.2) is 0 Å². The summed E-state index contributed by atoms with van der Waals surface area (Å²) in [4.78, 5) is 29.0. The summed E-state index contributed by atoms with van der Waals surface area (Å²) >= 11 is 0. The molecule has 3 rings (SSSR count). The maximum atomic E-state index is 12.5. The summed E-state index contributed by atoms with van der Waals surface area (Å²) in [5.74, 6) is -0.0953. The number of amides is 1. The first-order valence-electron chi connectivity index (χ1n) is 9.89. The Balaban J connectivity index is 1.49. The van der Waals surface area contributed by atoms with E-state index in [1.807, 2.05) is 30.3 Å². The number of ketones is 1. The molecule has 0 aliphatic carbocycles. The Morgan fingerprint density at radius 2 is 1.61 bits per heavy atom.